The lowest BCUT2D eigenvalue weighted by molar-refractivity contribution is -0.138. The van der Waals surface area contributed by atoms with Crippen molar-refractivity contribution in [3.05, 3.63) is 59.7 Å². The van der Waals surface area contributed by atoms with Gasteiger partial charge < -0.3 is 19.9 Å². The maximum Gasteiger partial charge on any atom is 0.312 e. The average Bonchev–Trinajstić information content (AvgIpc) is 2.62. The van der Waals surface area contributed by atoms with E-state index in [4.69, 9.17) is 9.47 Å². The van der Waals surface area contributed by atoms with Crippen molar-refractivity contribution in [2.24, 2.45) is 0 Å². The molecule has 25 heavy (non-hydrogen) atoms. The van der Waals surface area contributed by atoms with E-state index in [1.807, 2.05) is 6.07 Å². The quantitative estimate of drug-likeness (QED) is 0.839. The Labute approximate surface area is 145 Å². The summed E-state index contributed by atoms with van der Waals surface area (Å²) < 4.78 is 10.9. The molecule has 0 aromatic heterocycles. The fraction of sp³-hybridized carbons (Fsp3) is 0.263. The smallest absolute Gasteiger partial charge is 0.312 e. The van der Waals surface area contributed by atoms with Gasteiger partial charge in [0.25, 0.3) is 0 Å². The highest BCUT2D eigenvalue weighted by Crippen LogP contribution is 2.30. The summed E-state index contributed by atoms with van der Waals surface area (Å²) in [6, 6.07) is 14.2. The molecule has 1 unspecified atom stereocenters. The number of carbonyl (C=O) groups is 2. The van der Waals surface area contributed by atoms with Crippen LogP contribution in [0.1, 0.15) is 17.0 Å². The van der Waals surface area contributed by atoms with Crippen molar-refractivity contribution in [3.63, 3.8) is 0 Å². The highest BCUT2D eigenvalue weighted by Gasteiger charge is 2.20. The molecule has 6 heteroatoms. The van der Waals surface area contributed by atoms with Crippen LogP contribution in [0.3, 0.4) is 0 Å². The van der Waals surface area contributed by atoms with Gasteiger partial charge in [-0.15, -0.1) is 0 Å². The SMILES string of the molecule is O=C(Cc1ccc2c(c1)OCCO2)NCC(C(=O)O)c1ccccc1. The molecule has 6 nitrogen and oxygen atoms in total. The van der Waals surface area contributed by atoms with E-state index in [2.05, 4.69) is 5.32 Å². The predicted octanol–water partition coefficient (Wildman–Crippen LogP) is 1.98. The highest BCUT2D eigenvalue weighted by atomic mass is 16.6. The van der Waals surface area contributed by atoms with Crippen molar-refractivity contribution in [2.45, 2.75) is 12.3 Å². The molecule has 0 spiro atoms. The highest BCUT2D eigenvalue weighted by molar-refractivity contribution is 5.81. The summed E-state index contributed by atoms with van der Waals surface area (Å²) in [6.45, 7) is 1.05. The van der Waals surface area contributed by atoms with Crippen molar-refractivity contribution in [1.82, 2.24) is 5.32 Å². The van der Waals surface area contributed by atoms with E-state index < -0.39 is 11.9 Å². The number of carboxylic acids is 1. The zero-order valence-corrected chi connectivity index (χ0v) is 13.6. The van der Waals surface area contributed by atoms with Crippen LogP contribution in [-0.2, 0) is 16.0 Å². The second-order valence-electron chi connectivity index (χ2n) is 5.76. The van der Waals surface area contributed by atoms with Crippen LogP contribution in [0, 0.1) is 0 Å². The molecule has 1 atom stereocenters. The Balaban J connectivity index is 1.59. The summed E-state index contributed by atoms with van der Waals surface area (Å²) in [5.74, 6) is -0.676. The first-order chi connectivity index (χ1) is 12.1. The summed E-state index contributed by atoms with van der Waals surface area (Å²) in [7, 11) is 0. The van der Waals surface area contributed by atoms with E-state index in [1.54, 1.807) is 42.5 Å². The lowest BCUT2D eigenvalue weighted by Crippen LogP contribution is -2.32. The number of amides is 1. The number of hydrogen-bond donors (Lipinski definition) is 2. The topological polar surface area (TPSA) is 84.9 Å². The number of aliphatic carboxylic acids is 1. The summed E-state index contributed by atoms with van der Waals surface area (Å²) in [5, 5.41) is 12.1. The summed E-state index contributed by atoms with van der Waals surface area (Å²) >= 11 is 0. The van der Waals surface area contributed by atoms with Gasteiger partial charge in [-0.3, -0.25) is 9.59 Å². The maximum absolute atomic E-state index is 12.2. The number of nitrogens with one attached hydrogen (secondary N) is 1. The minimum atomic E-state index is -0.967. The first-order valence-corrected chi connectivity index (χ1v) is 8.06. The van der Waals surface area contributed by atoms with Crippen LogP contribution < -0.4 is 14.8 Å². The third kappa shape index (κ3) is 4.29. The van der Waals surface area contributed by atoms with Crippen LogP contribution in [0.25, 0.3) is 0 Å². The maximum atomic E-state index is 12.2. The molecular weight excluding hydrogens is 322 g/mol. The number of ether oxygens (including phenoxy) is 2. The normalized spacial score (nSPS) is 13.8. The average molecular weight is 341 g/mol. The van der Waals surface area contributed by atoms with E-state index >= 15 is 0 Å². The Bertz CT molecular complexity index is 760. The lowest BCUT2D eigenvalue weighted by Gasteiger charge is -2.19. The van der Waals surface area contributed by atoms with Crippen molar-refractivity contribution in [1.29, 1.82) is 0 Å². The van der Waals surface area contributed by atoms with E-state index in [0.29, 0.717) is 30.3 Å². The first kappa shape index (κ1) is 16.8. The molecule has 1 heterocycles. The van der Waals surface area contributed by atoms with E-state index in [9.17, 15) is 14.7 Å². The van der Waals surface area contributed by atoms with Gasteiger partial charge in [-0.25, -0.2) is 0 Å². The number of carboxylic acid groups (broad SMARTS) is 1. The summed E-state index contributed by atoms with van der Waals surface area (Å²) in [4.78, 5) is 23.6. The Hall–Kier alpha value is -3.02. The van der Waals surface area contributed by atoms with E-state index in [1.165, 1.54) is 0 Å². The molecule has 0 fully saturated rings. The van der Waals surface area contributed by atoms with Crippen molar-refractivity contribution in [3.8, 4) is 11.5 Å². The molecular formula is C19H19NO5. The van der Waals surface area contributed by atoms with Crippen molar-refractivity contribution < 1.29 is 24.2 Å². The standard InChI is InChI=1S/C19H19NO5/c21-18(11-13-6-7-16-17(10-13)25-9-8-24-16)20-12-15(19(22)23)14-4-2-1-3-5-14/h1-7,10,15H,8-9,11-12H2,(H,20,21)(H,22,23). The Morgan fingerprint density at radius 1 is 1.04 bits per heavy atom. The van der Waals surface area contributed by atoms with Crippen molar-refractivity contribution in [2.75, 3.05) is 19.8 Å². The number of hydrogen-bond acceptors (Lipinski definition) is 4. The molecule has 0 bridgehead atoms. The van der Waals surface area contributed by atoms with Gasteiger partial charge in [0.2, 0.25) is 5.91 Å². The first-order valence-electron chi connectivity index (χ1n) is 8.06. The van der Waals surface area contributed by atoms with Crippen molar-refractivity contribution >= 4 is 11.9 Å². The molecule has 2 N–H and O–H groups in total. The van der Waals surface area contributed by atoms with Gasteiger partial charge in [-0.05, 0) is 23.3 Å². The third-order valence-corrected chi connectivity index (χ3v) is 3.97. The minimum Gasteiger partial charge on any atom is -0.486 e. The molecule has 2 aromatic rings. The second-order valence-corrected chi connectivity index (χ2v) is 5.76. The minimum absolute atomic E-state index is 0.0444. The van der Waals surface area contributed by atoms with Crippen LogP contribution >= 0.6 is 0 Å². The molecule has 0 radical (unpaired) electrons. The predicted molar refractivity (Wildman–Crippen MR) is 91.0 cm³/mol. The molecule has 130 valence electrons. The van der Waals surface area contributed by atoms with Gasteiger partial charge in [0.05, 0.1) is 12.3 Å². The van der Waals surface area contributed by atoms with Crippen LogP contribution in [-0.4, -0.2) is 36.7 Å². The lowest BCUT2D eigenvalue weighted by atomic mass is 9.99. The fourth-order valence-corrected chi connectivity index (χ4v) is 2.69. The molecule has 0 aliphatic carbocycles. The van der Waals surface area contributed by atoms with Gasteiger partial charge in [0, 0.05) is 6.54 Å². The molecule has 3 rings (SSSR count). The zero-order chi connectivity index (χ0) is 17.6. The molecule has 0 saturated carbocycles. The number of rotatable bonds is 6. The monoisotopic (exact) mass is 341 g/mol. The Morgan fingerprint density at radius 2 is 1.76 bits per heavy atom. The summed E-state index contributed by atoms with van der Waals surface area (Å²) in [5.41, 5.74) is 1.45. The Kier molecular flexibility index (Phi) is 5.18. The van der Waals surface area contributed by atoms with Gasteiger partial charge in [-0.1, -0.05) is 36.4 Å². The van der Waals surface area contributed by atoms with Gasteiger partial charge in [0.15, 0.2) is 11.5 Å². The molecule has 0 saturated heterocycles. The van der Waals surface area contributed by atoms with Crippen LogP contribution in [0.2, 0.25) is 0 Å². The molecule has 2 aromatic carbocycles. The van der Waals surface area contributed by atoms with Crippen LogP contribution in [0.4, 0.5) is 0 Å². The third-order valence-electron chi connectivity index (χ3n) is 3.97. The van der Waals surface area contributed by atoms with Gasteiger partial charge in [0.1, 0.15) is 13.2 Å². The molecule has 1 aliphatic rings. The molecule has 1 aliphatic heterocycles. The number of fused-ring (bicyclic) bond motifs is 1. The van der Waals surface area contributed by atoms with E-state index in [-0.39, 0.29) is 18.9 Å². The van der Waals surface area contributed by atoms with E-state index in [0.717, 1.165) is 5.56 Å². The number of carbonyl (C=O) groups excluding carboxylic acids is 1. The van der Waals surface area contributed by atoms with Gasteiger partial charge >= 0.3 is 5.97 Å². The zero-order valence-electron chi connectivity index (χ0n) is 13.6. The van der Waals surface area contributed by atoms with Crippen LogP contribution in [0.15, 0.2) is 48.5 Å². The Morgan fingerprint density at radius 3 is 2.48 bits per heavy atom. The fourth-order valence-electron chi connectivity index (χ4n) is 2.69. The molecule has 1 amide bonds. The largest absolute Gasteiger partial charge is 0.486 e. The number of benzene rings is 2. The second kappa shape index (κ2) is 7.70. The van der Waals surface area contributed by atoms with Gasteiger partial charge in [-0.2, -0.15) is 0 Å². The van der Waals surface area contributed by atoms with Crippen LogP contribution in [0.5, 0.6) is 11.5 Å². The summed E-state index contributed by atoms with van der Waals surface area (Å²) in [6.07, 6.45) is 0.151.